The van der Waals surface area contributed by atoms with Gasteiger partial charge in [-0.25, -0.2) is 0 Å². The Morgan fingerprint density at radius 1 is 1.33 bits per heavy atom. The number of thioether (sulfide) groups is 1. The third-order valence-electron chi connectivity index (χ3n) is 5.13. The zero-order chi connectivity index (χ0) is 21.4. The van der Waals surface area contributed by atoms with E-state index in [2.05, 4.69) is 20.6 Å². The smallest absolute Gasteiger partial charge is 0.251 e. The van der Waals surface area contributed by atoms with Crippen LogP contribution in [-0.4, -0.2) is 42.1 Å². The first-order chi connectivity index (χ1) is 14.4. The van der Waals surface area contributed by atoms with Gasteiger partial charge in [0.25, 0.3) is 5.91 Å². The Hall–Kier alpha value is -2.66. The van der Waals surface area contributed by atoms with Gasteiger partial charge < -0.3 is 15.6 Å². The highest BCUT2D eigenvalue weighted by molar-refractivity contribution is 7.99. The summed E-state index contributed by atoms with van der Waals surface area (Å²) >= 11 is 2.76. The molecule has 3 aromatic rings. The minimum Gasteiger partial charge on any atom is -0.365 e. The van der Waals surface area contributed by atoms with Crippen molar-refractivity contribution < 1.29 is 9.59 Å². The summed E-state index contributed by atoms with van der Waals surface area (Å²) in [7, 11) is 1.88. The van der Waals surface area contributed by atoms with E-state index in [-0.39, 0.29) is 11.7 Å². The lowest BCUT2D eigenvalue weighted by atomic mass is 10.1. The van der Waals surface area contributed by atoms with Crippen molar-refractivity contribution >= 4 is 39.9 Å². The van der Waals surface area contributed by atoms with E-state index < -0.39 is 5.91 Å². The minimum atomic E-state index is -0.488. The molecule has 0 saturated carbocycles. The first kappa shape index (κ1) is 20.6. The highest BCUT2D eigenvalue weighted by Crippen LogP contribution is 2.39. The molecule has 0 radical (unpaired) electrons. The number of fused-ring (bicyclic) bond motifs is 1. The Kier molecular flexibility index (Phi) is 5.65. The van der Waals surface area contributed by atoms with Crippen molar-refractivity contribution in [1.29, 1.82) is 0 Å². The van der Waals surface area contributed by atoms with Crippen molar-refractivity contribution in [3.63, 3.8) is 0 Å². The second kappa shape index (κ2) is 8.23. The average Bonchev–Trinajstić information content (AvgIpc) is 3.43. The van der Waals surface area contributed by atoms with Gasteiger partial charge in [-0.15, -0.1) is 21.5 Å². The summed E-state index contributed by atoms with van der Waals surface area (Å²) in [4.78, 5) is 25.6. The number of nitrogens with two attached hydrogens (primary N) is 1. The largest absolute Gasteiger partial charge is 0.365 e. The molecular weight excluding hydrogens is 422 g/mol. The lowest BCUT2D eigenvalue weighted by molar-refractivity contribution is -0.113. The van der Waals surface area contributed by atoms with E-state index in [4.69, 9.17) is 5.73 Å². The maximum atomic E-state index is 12.6. The van der Waals surface area contributed by atoms with Crippen molar-refractivity contribution in [3.8, 4) is 11.5 Å². The second-order valence-electron chi connectivity index (χ2n) is 7.11. The third-order valence-corrected chi connectivity index (χ3v) is 7.30. The molecule has 4 rings (SSSR count). The fourth-order valence-corrected chi connectivity index (χ4v) is 5.70. The van der Waals surface area contributed by atoms with Crippen LogP contribution in [0.4, 0.5) is 5.00 Å². The van der Waals surface area contributed by atoms with E-state index >= 15 is 0 Å². The van der Waals surface area contributed by atoms with Crippen LogP contribution in [0, 0.1) is 6.92 Å². The Balaban J connectivity index is 1.47. The van der Waals surface area contributed by atoms with Gasteiger partial charge in [0, 0.05) is 24.2 Å². The summed E-state index contributed by atoms with van der Waals surface area (Å²) in [6.07, 6.45) is 2.79. The van der Waals surface area contributed by atoms with Gasteiger partial charge in [-0.3, -0.25) is 14.3 Å². The van der Waals surface area contributed by atoms with Gasteiger partial charge in [-0.1, -0.05) is 11.8 Å². The normalized spacial score (nSPS) is 12.9. The quantitative estimate of drug-likeness (QED) is 0.539. The maximum Gasteiger partial charge on any atom is 0.251 e. The summed E-state index contributed by atoms with van der Waals surface area (Å²) in [6, 6.07) is 1.96. The number of aromatic nitrogens is 5. The number of anilines is 1. The van der Waals surface area contributed by atoms with Crippen molar-refractivity contribution in [2.75, 3.05) is 11.1 Å². The summed E-state index contributed by atoms with van der Waals surface area (Å²) in [5.74, 6) is 0.136. The van der Waals surface area contributed by atoms with E-state index in [1.165, 1.54) is 23.1 Å². The topological polar surface area (TPSA) is 121 Å². The van der Waals surface area contributed by atoms with Gasteiger partial charge in [-0.2, -0.15) is 5.10 Å². The molecule has 158 valence electrons. The predicted octanol–water partition coefficient (Wildman–Crippen LogP) is 2.39. The third kappa shape index (κ3) is 3.74. The fourth-order valence-electron chi connectivity index (χ4n) is 3.59. The lowest BCUT2D eigenvalue weighted by Crippen LogP contribution is -2.19. The molecular formula is C19H23N7O2S2. The zero-order valence-electron chi connectivity index (χ0n) is 17.1. The van der Waals surface area contributed by atoms with E-state index in [1.807, 2.05) is 31.5 Å². The molecule has 11 heteroatoms. The van der Waals surface area contributed by atoms with Crippen LogP contribution in [0.3, 0.4) is 0 Å². The summed E-state index contributed by atoms with van der Waals surface area (Å²) in [5.41, 5.74) is 8.80. The summed E-state index contributed by atoms with van der Waals surface area (Å²) in [6.45, 7) is 4.63. The van der Waals surface area contributed by atoms with Gasteiger partial charge in [0.1, 0.15) is 10.7 Å². The molecule has 0 spiro atoms. The molecule has 0 bridgehead atoms. The molecule has 0 fully saturated rings. The first-order valence-electron chi connectivity index (χ1n) is 9.70. The summed E-state index contributed by atoms with van der Waals surface area (Å²) in [5, 5.41) is 17.0. The molecule has 9 nitrogen and oxygen atoms in total. The molecule has 3 aromatic heterocycles. The zero-order valence-corrected chi connectivity index (χ0v) is 18.7. The molecule has 0 atom stereocenters. The van der Waals surface area contributed by atoms with Crippen molar-refractivity contribution in [3.05, 3.63) is 27.8 Å². The van der Waals surface area contributed by atoms with E-state index in [9.17, 15) is 9.59 Å². The van der Waals surface area contributed by atoms with Gasteiger partial charge in [-0.05, 0) is 44.7 Å². The Bertz CT molecular complexity index is 1110. The number of carbonyl (C=O) groups excluding carboxylic acids is 2. The first-order valence-corrected chi connectivity index (χ1v) is 11.5. The molecule has 0 aromatic carbocycles. The number of nitrogens with one attached hydrogen (secondary N) is 1. The van der Waals surface area contributed by atoms with Crippen molar-refractivity contribution in [2.24, 2.45) is 12.8 Å². The van der Waals surface area contributed by atoms with E-state index in [1.54, 1.807) is 4.68 Å². The molecule has 2 amide bonds. The van der Waals surface area contributed by atoms with Crippen molar-refractivity contribution in [1.82, 2.24) is 24.5 Å². The molecule has 0 saturated heterocycles. The van der Waals surface area contributed by atoms with Crippen molar-refractivity contribution in [2.45, 2.75) is 44.8 Å². The number of aryl methyl sites for hydroxylation is 3. The predicted molar refractivity (Wildman–Crippen MR) is 117 cm³/mol. The Morgan fingerprint density at radius 2 is 2.13 bits per heavy atom. The molecule has 0 aliphatic heterocycles. The molecule has 1 aliphatic carbocycles. The molecule has 0 unspecified atom stereocenters. The average molecular weight is 446 g/mol. The van der Waals surface area contributed by atoms with Gasteiger partial charge in [0.05, 0.1) is 11.3 Å². The molecule has 3 N–H and O–H groups in total. The van der Waals surface area contributed by atoms with Gasteiger partial charge in [0.2, 0.25) is 5.91 Å². The highest BCUT2D eigenvalue weighted by atomic mass is 32.2. The fraction of sp³-hybridized carbons (Fsp3) is 0.421. The number of nitrogens with zero attached hydrogens (tertiary/aromatic N) is 5. The van der Waals surface area contributed by atoms with Crippen LogP contribution in [0.1, 0.15) is 39.8 Å². The van der Waals surface area contributed by atoms with Crippen LogP contribution in [-0.2, 0) is 31.2 Å². The van der Waals surface area contributed by atoms with Crippen LogP contribution >= 0.6 is 23.1 Å². The number of amides is 2. The summed E-state index contributed by atoms with van der Waals surface area (Å²) < 4.78 is 3.73. The number of rotatable bonds is 7. The molecule has 30 heavy (non-hydrogen) atoms. The maximum absolute atomic E-state index is 12.6. The van der Waals surface area contributed by atoms with Crippen LogP contribution in [0.15, 0.2) is 11.2 Å². The number of primary amides is 1. The van der Waals surface area contributed by atoms with Crippen LogP contribution < -0.4 is 11.1 Å². The number of carbonyl (C=O) groups is 2. The number of thiophene rings is 1. The molecule has 1 aliphatic rings. The van der Waals surface area contributed by atoms with E-state index in [0.717, 1.165) is 41.1 Å². The van der Waals surface area contributed by atoms with Crippen LogP contribution in [0.2, 0.25) is 0 Å². The Labute approximate surface area is 182 Å². The highest BCUT2D eigenvalue weighted by Gasteiger charge is 2.26. The lowest BCUT2D eigenvalue weighted by Gasteiger charge is -2.07. The van der Waals surface area contributed by atoms with Gasteiger partial charge in [0.15, 0.2) is 11.0 Å². The van der Waals surface area contributed by atoms with Crippen LogP contribution in [0.5, 0.6) is 0 Å². The Morgan fingerprint density at radius 3 is 2.80 bits per heavy atom. The molecule has 3 heterocycles. The van der Waals surface area contributed by atoms with Crippen LogP contribution in [0.25, 0.3) is 11.5 Å². The van der Waals surface area contributed by atoms with Gasteiger partial charge >= 0.3 is 0 Å². The number of hydrogen-bond acceptors (Lipinski definition) is 7. The van der Waals surface area contributed by atoms with E-state index in [0.29, 0.717) is 28.1 Å². The number of hydrogen-bond donors (Lipinski definition) is 2. The standard InChI is InChI=1S/C19H23N7O2S2/c1-4-26-17(12-8-10(2)25(3)24-12)22-23-19(26)29-9-14(27)21-18-15(16(20)28)11-6-5-7-13(11)30-18/h8H,4-7,9H2,1-3H3,(H2,20,28)(H,21,27). The second-order valence-corrected chi connectivity index (χ2v) is 9.16. The monoisotopic (exact) mass is 445 g/mol. The minimum absolute atomic E-state index is 0.153. The SMILES string of the molecule is CCn1c(SCC(=O)Nc2sc3c(c2C(N)=O)CCC3)nnc1-c1cc(C)n(C)n1.